The molecular formula is C17H15F2N3O2. The van der Waals surface area contributed by atoms with Gasteiger partial charge in [-0.15, -0.1) is 0 Å². The molecule has 2 aromatic carbocycles. The molecule has 24 heavy (non-hydrogen) atoms. The highest BCUT2D eigenvalue weighted by Gasteiger charge is 2.12. The Morgan fingerprint density at radius 1 is 1.04 bits per heavy atom. The lowest BCUT2D eigenvalue weighted by molar-refractivity contribution is -0.0498. The second kappa shape index (κ2) is 7.18. The van der Waals surface area contributed by atoms with Crippen molar-refractivity contribution in [3.63, 3.8) is 0 Å². The molecule has 0 spiro atoms. The summed E-state index contributed by atoms with van der Waals surface area (Å²) in [6.45, 7) is -2.66. The highest BCUT2D eigenvalue weighted by molar-refractivity contribution is 5.53. The molecule has 0 bridgehead atoms. The third-order valence-electron chi connectivity index (χ3n) is 3.42. The van der Waals surface area contributed by atoms with Crippen LogP contribution < -0.4 is 4.74 Å². The molecule has 0 amide bonds. The number of rotatable bonds is 6. The lowest BCUT2D eigenvalue weighted by Crippen LogP contribution is -2.09. The molecule has 0 aliphatic heterocycles. The number of halogens is 2. The van der Waals surface area contributed by atoms with Crippen molar-refractivity contribution in [3.05, 3.63) is 66.5 Å². The molecule has 1 unspecified atom stereocenters. The smallest absolute Gasteiger partial charge is 0.387 e. The second-order valence-electron chi connectivity index (χ2n) is 5.12. The summed E-state index contributed by atoms with van der Waals surface area (Å²) in [5.74, 6) is 0.622. The maximum absolute atomic E-state index is 12.1. The van der Waals surface area contributed by atoms with E-state index in [1.165, 1.54) is 28.9 Å². The van der Waals surface area contributed by atoms with Gasteiger partial charge in [0, 0.05) is 5.56 Å². The lowest BCUT2D eigenvalue weighted by atomic mass is 10.1. The van der Waals surface area contributed by atoms with Gasteiger partial charge in [0.15, 0.2) is 5.82 Å². The van der Waals surface area contributed by atoms with Crippen LogP contribution in [0, 0.1) is 0 Å². The van der Waals surface area contributed by atoms with Crippen LogP contribution in [-0.2, 0) is 6.54 Å². The summed E-state index contributed by atoms with van der Waals surface area (Å²) in [6.07, 6.45) is 0.704. The number of ether oxygens (including phenoxy) is 1. The quantitative estimate of drug-likeness (QED) is 0.753. The van der Waals surface area contributed by atoms with Crippen LogP contribution in [0.3, 0.4) is 0 Å². The van der Waals surface area contributed by atoms with Gasteiger partial charge in [-0.2, -0.15) is 13.9 Å². The molecule has 5 nitrogen and oxygen atoms in total. The van der Waals surface area contributed by atoms with Crippen molar-refractivity contribution in [1.82, 2.24) is 14.8 Å². The summed E-state index contributed by atoms with van der Waals surface area (Å²) < 4.78 is 30.1. The third-order valence-corrected chi connectivity index (χ3v) is 3.42. The number of alkyl halides is 2. The molecule has 1 N–H and O–H groups in total. The molecule has 1 aromatic heterocycles. The van der Waals surface area contributed by atoms with Crippen LogP contribution in [0.1, 0.15) is 11.7 Å². The fourth-order valence-electron chi connectivity index (χ4n) is 2.26. The average molecular weight is 331 g/mol. The van der Waals surface area contributed by atoms with E-state index in [0.717, 1.165) is 5.56 Å². The van der Waals surface area contributed by atoms with Gasteiger partial charge in [0.1, 0.15) is 12.1 Å². The van der Waals surface area contributed by atoms with Gasteiger partial charge < -0.3 is 9.84 Å². The topological polar surface area (TPSA) is 60.2 Å². The number of aliphatic hydroxyl groups is 1. The first-order valence-corrected chi connectivity index (χ1v) is 7.29. The monoisotopic (exact) mass is 331 g/mol. The minimum atomic E-state index is -2.87. The van der Waals surface area contributed by atoms with E-state index >= 15 is 0 Å². The molecule has 0 radical (unpaired) electrons. The van der Waals surface area contributed by atoms with Gasteiger partial charge in [0.2, 0.25) is 0 Å². The molecule has 124 valence electrons. The molecule has 1 atom stereocenters. The van der Waals surface area contributed by atoms with E-state index in [0.29, 0.717) is 11.4 Å². The highest BCUT2D eigenvalue weighted by Crippen LogP contribution is 2.21. The standard InChI is InChI=1S/C17H15F2N3O2/c18-17(19)24-14-8-6-12(7-9-14)15(23)10-22-11-20-16(21-22)13-4-2-1-3-5-13/h1-9,11,15,17,23H,10H2. The molecule has 3 aromatic rings. The first-order valence-electron chi connectivity index (χ1n) is 7.29. The van der Waals surface area contributed by atoms with Crippen LogP contribution in [0.25, 0.3) is 11.4 Å². The summed E-state index contributed by atoms with van der Waals surface area (Å²) in [4.78, 5) is 4.22. The van der Waals surface area contributed by atoms with E-state index in [2.05, 4.69) is 14.8 Å². The minimum Gasteiger partial charge on any atom is -0.435 e. The summed E-state index contributed by atoms with van der Waals surface area (Å²) in [7, 11) is 0. The Morgan fingerprint density at radius 2 is 1.75 bits per heavy atom. The largest absolute Gasteiger partial charge is 0.435 e. The lowest BCUT2D eigenvalue weighted by Gasteiger charge is -2.11. The van der Waals surface area contributed by atoms with Crippen molar-refractivity contribution in [2.24, 2.45) is 0 Å². The Balaban J connectivity index is 1.66. The fraction of sp³-hybridized carbons (Fsp3) is 0.176. The molecule has 0 saturated carbocycles. The van der Waals surface area contributed by atoms with Crippen molar-refractivity contribution in [2.75, 3.05) is 0 Å². The number of aliphatic hydroxyl groups excluding tert-OH is 1. The number of hydrogen-bond donors (Lipinski definition) is 1. The van der Waals surface area contributed by atoms with Crippen LogP contribution in [0.2, 0.25) is 0 Å². The fourth-order valence-corrected chi connectivity index (χ4v) is 2.26. The Labute approximate surface area is 137 Å². The van der Waals surface area contributed by atoms with Gasteiger partial charge in [-0.3, -0.25) is 0 Å². The zero-order chi connectivity index (χ0) is 16.9. The molecule has 0 aliphatic rings. The maximum Gasteiger partial charge on any atom is 0.387 e. The van der Waals surface area contributed by atoms with Gasteiger partial charge in [0.25, 0.3) is 0 Å². The van der Waals surface area contributed by atoms with Crippen LogP contribution in [0.15, 0.2) is 60.9 Å². The normalized spacial score (nSPS) is 12.3. The zero-order valence-corrected chi connectivity index (χ0v) is 12.6. The van der Waals surface area contributed by atoms with Gasteiger partial charge in [-0.05, 0) is 17.7 Å². The van der Waals surface area contributed by atoms with Crippen LogP contribution >= 0.6 is 0 Å². The summed E-state index contributed by atoms with van der Waals surface area (Å²) in [5, 5.41) is 14.6. The molecule has 0 saturated heterocycles. The molecular weight excluding hydrogens is 316 g/mol. The molecule has 0 fully saturated rings. The van der Waals surface area contributed by atoms with E-state index in [4.69, 9.17) is 0 Å². The zero-order valence-electron chi connectivity index (χ0n) is 12.6. The highest BCUT2D eigenvalue weighted by atomic mass is 19.3. The maximum atomic E-state index is 12.1. The van der Waals surface area contributed by atoms with Crippen molar-refractivity contribution in [1.29, 1.82) is 0 Å². The van der Waals surface area contributed by atoms with Gasteiger partial charge in [-0.25, -0.2) is 9.67 Å². The summed E-state index contributed by atoms with van der Waals surface area (Å²) in [6, 6.07) is 15.4. The van der Waals surface area contributed by atoms with Crippen LogP contribution in [0.4, 0.5) is 8.78 Å². The molecule has 7 heteroatoms. The van der Waals surface area contributed by atoms with E-state index in [1.54, 1.807) is 6.33 Å². The predicted octanol–water partition coefficient (Wildman–Crippen LogP) is 3.28. The minimum absolute atomic E-state index is 0.0491. The Hall–Kier alpha value is -2.80. The molecule has 1 heterocycles. The number of aromatic nitrogens is 3. The van der Waals surface area contributed by atoms with Crippen molar-refractivity contribution >= 4 is 0 Å². The van der Waals surface area contributed by atoms with Gasteiger partial charge >= 0.3 is 6.61 Å². The average Bonchev–Trinajstić information content (AvgIpc) is 3.04. The van der Waals surface area contributed by atoms with Crippen molar-refractivity contribution in [3.8, 4) is 17.1 Å². The Morgan fingerprint density at radius 3 is 2.42 bits per heavy atom. The Bertz CT molecular complexity index is 776. The van der Waals surface area contributed by atoms with E-state index in [1.807, 2.05) is 30.3 Å². The van der Waals surface area contributed by atoms with E-state index < -0.39 is 12.7 Å². The SMILES string of the molecule is OC(Cn1cnc(-c2ccccc2)n1)c1ccc(OC(F)F)cc1. The summed E-state index contributed by atoms with van der Waals surface area (Å²) in [5.41, 5.74) is 1.47. The second-order valence-corrected chi connectivity index (χ2v) is 5.12. The molecule has 3 rings (SSSR count). The Kier molecular flexibility index (Phi) is 4.81. The third kappa shape index (κ3) is 3.94. The van der Waals surface area contributed by atoms with E-state index in [9.17, 15) is 13.9 Å². The first-order chi connectivity index (χ1) is 11.6. The van der Waals surface area contributed by atoms with E-state index in [-0.39, 0.29) is 12.3 Å². The van der Waals surface area contributed by atoms with Gasteiger partial charge in [-0.1, -0.05) is 42.5 Å². The van der Waals surface area contributed by atoms with Crippen LogP contribution in [0.5, 0.6) is 5.75 Å². The summed E-state index contributed by atoms with van der Waals surface area (Å²) >= 11 is 0. The first kappa shape index (κ1) is 16.1. The number of hydrogen-bond acceptors (Lipinski definition) is 4. The number of benzene rings is 2. The van der Waals surface area contributed by atoms with Crippen molar-refractivity contribution < 1.29 is 18.6 Å². The predicted molar refractivity (Wildman–Crippen MR) is 83.5 cm³/mol. The van der Waals surface area contributed by atoms with Gasteiger partial charge in [0.05, 0.1) is 12.6 Å². The van der Waals surface area contributed by atoms with Crippen molar-refractivity contribution in [2.45, 2.75) is 19.3 Å². The number of nitrogens with zero attached hydrogens (tertiary/aromatic N) is 3. The van der Waals surface area contributed by atoms with Crippen LogP contribution in [-0.4, -0.2) is 26.5 Å². The molecule has 0 aliphatic carbocycles.